The summed E-state index contributed by atoms with van der Waals surface area (Å²) in [5.74, 6) is 0.235. The maximum Gasteiger partial charge on any atom is 0.416 e. The van der Waals surface area contributed by atoms with E-state index in [0.717, 1.165) is 12.1 Å². The summed E-state index contributed by atoms with van der Waals surface area (Å²) in [4.78, 5) is 3.87. The molecule has 2 aromatic rings. The summed E-state index contributed by atoms with van der Waals surface area (Å²) in [6, 6.07) is 6.83. The van der Waals surface area contributed by atoms with Crippen molar-refractivity contribution < 1.29 is 13.2 Å². The fraction of sp³-hybridized carbons (Fsp3) is 0.154. The highest BCUT2D eigenvalue weighted by Crippen LogP contribution is 2.33. The molecule has 100 valence electrons. The molecule has 0 unspecified atom stereocenters. The Morgan fingerprint density at radius 2 is 1.89 bits per heavy atom. The fourth-order valence-electron chi connectivity index (χ4n) is 1.60. The van der Waals surface area contributed by atoms with E-state index in [-0.39, 0.29) is 5.82 Å². The van der Waals surface area contributed by atoms with Crippen molar-refractivity contribution in [3.8, 4) is 0 Å². The normalized spacial score (nSPS) is 11.4. The molecule has 0 aliphatic heterocycles. The van der Waals surface area contributed by atoms with Gasteiger partial charge < -0.3 is 11.1 Å². The number of anilines is 3. The zero-order valence-electron chi connectivity index (χ0n) is 10.1. The van der Waals surface area contributed by atoms with Crippen LogP contribution in [0, 0.1) is 6.92 Å². The Kier molecular flexibility index (Phi) is 3.33. The third-order valence-corrected chi connectivity index (χ3v) is 2.67. The third-order valence-electron chi connectivity index (χ3n) is 2.67. The Bertz CT molecular complexity index is 594. The van der Waals surface area contributed by atoms with E-state index in [2.05, 4.69) is 10.3 Å². The molecule has 2 rings (SSSR count). The van der Waals surface area contributed by atoms with Crippen LogP contribution in [0.1, 0.15) is 11.1 Å². The smallest absolute Gasteiger partial charge is 0.382 e. The molecule has 0 saturated carbocycles. The molecule has 0 saturated heterocycles. The molecule has 19 heavy (non-hydrogen) atoms. The van der Waals surface area contributed by atoms with Crippen molar-refractivity contribution in [2.75, 3.05) is 11.1 Å². The second-order valence-corrected chi connectivity index (χ2v) is 4.09. The number of nitrogen functional groups attached to an aromatic ring is 1. The van der Waals surface area contributed by atoms with Crippen LogP contribution in [0.4, 0.5) is 30.4 Å². The van der Waals surface area contributed by atoms with Gasteiger partial charge in [0, 0.05) is 11.9 Å². The van der Waals surface area contributed by atoms with Crippen molar-refractivity contribution in [1.82, 2.24) is 4.98 Å². The molecule has 0 fully saturated rings. The van der Waals surface area contributed by atoms with E-state index in [4.69, 9.17) is 5.73 Å². The summed E-state index contributed by atoms with van der Waals surface area (Å²) >= 11 is 0. The molecule has 3 N–H and O–H groups in total. The number of nitrogens with zero attached hydrogens (tertiary/aromatic N) is 1. The molecular weight excluding hydrogens is 255 g/mol. The fourth-order valence-corrected chi connectivity index (χ4v) is 1.60. The minimum atomic E-state index is -4.37. The van der Waals surface area contributed by atoms with Crippen LogP contribution in [0.15, 0.2) is 36.5 Å². The molecule has 0 aliphatic rings. The minimum Gasteiger partial charge on any atom is -0.382 e. The highest BCUT2D eigenvalue weighted by atomic mass is 19.4. The van der Waals surface area contributed by atoms with Crippen LogP contribution in [0.3, 0.4) is 0 Å². The second kappa shape index (κ2) is 4.79. The van der Waals surface area contributed by atoms with Gasteiger partial charge in [-0.05, 0) is 36.8 Å². The first-order valence-electron chi connectivity index (χ1n) is 5.53. The first-order valence-corrected chi connectivity index (χ1v) is 5.53. The molecule has 0 amide bonds. The number of aromatic nitrogens is 1. The van der Waals surface area contributed by atoms with E-state index in [1.54, 1.807) is 19.1 Å². The molecule has 6 heteroatoms. The van der Waals surface area contributed by atoms with E-state index in [0.29, 0.717) is 16.9 Å². The summed E-state index contributed by atoms with van der Waals surface area (Å²) in [7, 11) is 0. The lowest BCUT2D eigenvalue weighted by molar-refractivity contribution is -0.137. The number of nitrogens with two attached hydrogens (primary N) is 1. The number of aryl methyl sites for hydroxylation is 1. The van der Waals surface area contributed by atoms with Crippen LogP contribution in [0.25, 0.3) is 0 Å². The number of halogens is 3. The lowest BCUT2D eigenvalue weighted by Gasteiger charge is -2.14. The van der Waals surface area contributed by atoms with Gasteiger partial charge >= 0.3 is 6.18 Å². The van der Waals surface area contributed by atoms with E-state index >= 15 is 0 Å². The molecular formula is C13H12F3N3. The van der Waals surface area contributed by atoms with Crippen LogP contribution in [0.2, 0.25) is 0 Å². The first kappa shape index (κ1) is 13.2. The largest absolute Gasteiger partial charge is 0.416 e. The average molecular weight is 267 g/mol. The van der Waals surface area contributed by atoms with E-state index in [9.17, 15) is 13.2 Å². The van der Waals surface area contributed by atoms with Gasteiger partial charge in [-0.25, -0.2) is 4.98 Å². The highest BCUT2D eigenvalue weighted by molar-refractivity contribution is 5.71. The summed E-state index contributed by atoms with van der Waals surface area (Å²) in [5, 5.41) is 2.87. The predicted octanol–water partition coefficient (Wildman–Crippen LogP) is 3.73. The number of alkyl halides is 3. The van der Waals surface area contributed by atoms with Crippen molar-refractivity contribution in [3.63, 3.8) is 0 Å². The lowest BCUT2D eigenvalue weighted by atomic mass is 10.1. The number of pyridine rings is 1. The summed E-state index contributed by atoms with van der Waals surface area (Å²) < 4.78 is 38.0. The van der Waals surface area contributed by atoms with Gasteiger partial charge in [-0.1, -0.05) is 6.07 Å². The standard InChI is InChI=1S/C13H12F3N3/c1-8-4-5-9(13(14,15)16)7-11(8)19-10-3-2-6-18-12(10)17/h2-7,19H,1H3,(H2,17,18). The molecule has 1 aromatic heterocycles. The lowest BCUT2D eigenvalue weighted by Crippen LogP contribution is -2.06. The maximum absolute atomic E-state index is 12.7. The Morgan fingerprint density at radius 3 is 2.53 bits per heavy atom. The van der Waals surface area contributed by atoms with Gasteiger partial charge in [-0.15, -0.1) is 0 Å². The first-order chi connectivity index (χ1) is 8.88. The van der Waals surface area contributed by atoms with Crippen LogP contribution in [0.5, 0.6) is 0 Å². The topological polar surface area (TPSA) is 50.9 Å². The van der Waals surface area contributed by atoms with Crippen molar-refractivity contribution in [2.24, 2.45) is 0 Å². The molecule has 0 radical (unpaired) electrons. The van der Waals surface area contributed by atoms with Crippen LogP contribution in [-0.4, -0.2) is 4.98 Å². The minimum absolute atomic E-state index is 0.235. The molecule has 0 bridgehead atoms. The third kappa shape index (κ3) is 2.96. The molecule has 3 nitrogen and oxygen atoms in total. The number of hydrogen-bond donors (Lipinski definition) is 2. The molecule has 1 aromatic carbocycles. The number of benzene rings is 1. The van der Waals surface area contributed by atoms with Crippen LogP contribution in [-0.2, 0) is 6.18 Å². The summed E-state index contributed by atoms with van der Waals surface area (Å²) in [6.45, 7) is 1.72. The zero-order valence-corrected chi connectivity index (χ0v) is 10.1. The number of nitrogens with one attached hydrogen (secondary N) is 1. The number of rotatable bonds is 2. The van der Waals surface area contributed by atoms with Crippen LogP contribution < -0.4 is 11.1 Å². The van der Waals surface area contributed by atoms with Gasteiger partial charge in [0.2, 0.25) is 0 Å². The van der Waals surface area contributed by atoms with Gasteiger partial charge in [0.25, 0.3) is 0 Å². The van der Waals surface area contributed by atoms with Gasteiger partial charge in [-0.3, -0.25) is 0 Å². The van der Waals surface area contributed by atoms with Gasteiger partial charge in [0.15, 0.2) is 0 Å². The number of hydrogen-bond acceptors (Lipinski definition) is 3. The molecule has 1 heterocycles. The Morgan fingerprint density at radius 1 is 1.16 bits per heavy atom. The predicted molar refractivity (Wildman–Crippen MR) is 68.1 cm³/mol. The summed E-state index contributed by atoms with van der Waals surface area (Å²) in [6.07, 6.45) is -2.86. The van der Waals surface area contributed by atoms with Crippen molar-refractivity contribution in [1.29, 1.82) is 0 Å². The van der Waals surface area contributed by atoms with Crippen molar-refractivity contribution in [2.45, 2.75) is 13.1 Å². The van der Waals surface area contributed by atoms with Crippen LogP contribution >= 0.6 is 0 Å². The highest BCUT2D eigenvalue weighted by Gasteiger charge is 2.30. The van der Waals surface area contributed by atoms with Gasteiger partial charge in [-0.2, -0.15) is 13.2 Å². The van der Waals surface area contributed by atoms with E-state index < -0.39 is 11.7 Å². The van der Waals surface area contributed by atoms with Gasteiger partial charge in [0.05, 0.1) is 11.3 Å². The summed E-state index contributed by atoms with van der Waals surface area (Å²) in [5.41, 5.74) is 6.46. The SMILES string of the molecule is Cc1ccc(C(F)(F)F)cc1Nc1cccnc1N. The Labute approximate surface area is 108 Å². The average Bonchev–Trinajstić information content (AvgIpc) is 2.33. The van der Waals surface area contributed by atoms with E-state index in [1.807, 2.05) is 0 Å². The zero-order chi connectivity index (χ0) is 14.0. The Hall–Kier alpha value is -2.24. The van der Waals surface area contributed by atoms with Crippen molar-refractivity contribution in [3.05, 3.63) is 47.7 Å². The quantitative estimate of drug-likeness (QED) is 0.871. The van der Waals surface area contributed by atoms with E-state index in [1.165, 1.54) is 12.3 Å². The maximum atomic E-state index is 12.7. The molecule has 0 aliphatic carbocycles. The monoisotopic (exact) mass is 267 g/mol. The molecule has 0 spiro atoms. The Balaban J connectivity index is 2.38. The van der Waals surface area contributed by atoms with Crippen molar-refractivity contribution >= 4 is 17.2 Å². The van der Waals surface area contributed by atoms with Gasteiger partial charge in [0.1, 0.15) is 5.82 Å². The second-order valence-electron chi connectivity index (χ2n) is 4.09. The molecule has 0 atom stereocenters.